The molecule has 0 saturated heterocycles. The lowest BCUT2D eigenvalue weighted by molar-refractivity contribution is 0.345. The zero-order valence-corrected chi connectivity index (χ0v) is 14.5. The first kappa shape index (κ1) is 14.6. The molecule has 2 rings (SSSR count). The van der Waals surface area contributed by atoms with Crippen molar-refractivity contribution in [3.05, 3.63) is 32.8 Å². The molecule has 1 aromatic carbocycles. The Labute approximate surface area is 129 Å². The molecular formula is C14H16Br2N2O. The molecule has 0 spiro atoms. The van der Waals surface area contributed by atoms with Gasteiger partial charge in [-0.3, -0.25) is 4.68 Å². The summed E-state index contributed by atoms with van der Waals surface area (Å²) in [5, 5.41) is 14.9. The zero-order chi connectivity index (χ0) is 14.4. The Hall–Kier alpha value is -0.810. The standard InChI is InChI=1S/C14H16Br2N2O/c1-8-13(19)12(17-18(8)14(2,3)4)9-5-10(15)7-11(16)6-9/h5-7,19H,1-4H3. The Bertz CT molecular complexity index is 607. The van der Waals surface area contributed by atoms with Gasteiger partial charge in [0.1, 0.15) is 5.69 Å². The number of halogens is 2. The van der Waals surface area contributed by atoms with E-state index in [2.05, 4.69) is 57.7 Å². The maximum Gasteiger partial charge on any atom is 0.164 e. The second-order valence-electron chi connectivity index (χ2n) is 5.52. The molecule has 1 N–H and O–H groups in total. The van der Waals surface area contributed by atoms with Crippen molar-refractivity contribution in [1.29, 1.82) is 0 Å². The van der Waals surface area contributed by atoms with Crippen molar-refractivity contribution in [2.75, 3.05) is 0 Å². The Morgan fingerprint density at radius 2 is 1.63 bits per heavy atom. The van der Waals surface area contributed by atoms with Crippen LogP contribution in [0.2, 0.25) is 0 Å². The van der Waals surface area contributed by atoms with Gasteiger partial charge in [0.15, 0.2) is 5.75 Å². The van der Waals surface area contributed by atoms with Crippen LogP contribution in [0.4, 0.5) is 0 Å². The van der Waals surface area contributed by atoms with E-state index in [1.165, 1.54) is 0 Å². The number of benzene rings is 1. The highest BCUT2D eigenvalue weighted by Gasteiger charge is 2.23. The minimum absolute atomic E-state index is 0.164. The molecule has 0 fully saturated rings. The van der Waals surface area contributed by atoms with Gasteiger partial charge in [-0.1, -0.05) is 31.9 Å². The van der Waals surface area contributed by atoms with Gasteiger partial charge in [0.2, 0.25) is 0 Å². The van der Waals surface area contributed by atoms with Crippen molar-refractivity contribution in [2.45, 2.75) is 33.2 Å². The van der Waals surface area contributed by atoms with Gasteiger partial charge in [-0.15, -0.1) is 0 Å². The van der Waals surface area contributed by atoms with Crippen LogP contribution in [0, 0.1) is 6.92 Å². The fourth-order valence-electron chi connectivity index (χ4n) is 2.03. The van der Waals surface area contributed by atoms with Gasteiger partial charge >= 0.3 is 0 Å². The van der Waals surface area contributed by atoms with Crippen LogP contribution in [-0.2, 0) is 5.54 Å². The van der Waals surface area contributed by atoms with E-state index in [1.54, 1.807) is 0 Å². The van der Waals surface area contributed by atoms with Gasteiger partial charge in [0.05, 0.1) is 11.2 Å². The zero-order valence-electron chi connectivity index (χ0n) is 11.3. The summed E-state index contributed by atoms with van der Waals surface area (Å²) >= 11 is 6.91. The molecule has 0 atom stereocenters. The molecule has 0 radical (unpaired) electrons. The quantitative estimate of drug-likeness (QED) is 0.759. The maximum absolute atomic E-state index is 10.3. The lowest BCUT2D eigenvalue weighted by Crippen LogP contribution is -2.24. The maximum atomic E-state index is 10.3. The lowest BCUT2D eigenvalue weighted by atomic mass is 10.1. The molecule has 2 aromatic rings. The van der Waals surface area contributed by atoms with Crippen LogP contribution >= 0.6 is 31.9 Å². The minimum Gasteiger partial charge on any atom is -0.504 e. The summed E-state index contributed by atoms with van der Waals surface area (Å²) in [6.07, 6.45) is 0. The Balaban J connectivity index is 2.64. The van der Waals surface area contributed by atoms with Gasteiger partial charge in [0, 0.05) is 14.5 Å². The van der Waals surface area contributed by atoms with E-state index in [-0.39, 0.29) is 11.3 Å². The number of hydrogen-bond acceptors (Lipinski definition) is 2. The molecule has 0 unspecified atom stereocenters. The molecule has 0 aliphatic heterocycles. The summed E-state index contributed by atoms with van der Waals surface area (Å²) in [5.74, 6) is 0.236. The van der Waals surface area contributed by atoms with Crippen LogP contribution < -0.4 is 0 Å². The van der Waals surface area contributed by atoms with Gasteiger partial charge in [-0.25, -0.2) is 0 Å². The average molecular weight is 388 g/mol. The summed E-state index contributed by atoms with van der Waals surface area (Å²) < 4.78 is 3.74. The third-order valence-corrected chi connectivity index (χ3v) is 3.77. The fourth-order valence-corrected chi connectivity index (χ4v) is 3.33. The predicted octanol–water partition coefficient (Wildman–Crippen LogP) is 4.84. The first-order valence-corrected chi connectivity index (χ1v) is 7.54. The highest BCUT2D eigenvalue weighted by molar-refractivity contribution is 9.11. The Morgan fingerprint density at radius 3 is 2.05 bits per heavy atom. The van der Waals surface area contributed by atoms with E-state index in [0.29, 0.717) is 5.69 Å². The van der Waals surface area contributed by atoms with Crippen LogP contribution in [0.5, 0.6) is 5.75 Å². The highest BCUT2D eigenvalue weighted by Crippen LogP contribution is 2.36. The SMILES string of the molecule is Cc1c(O)c(-c2cc(Br)cc(Br)c2)nn1C(C)(C)C. The van der Waals surface area contributed by atoms with Crippen molar-refractivity contribution in [3.8, 4) is 17.0 Å². The molecule has 0 saturated carbocycles. The van der Waals surface area contributed by atoms with Crippen LogP contribution in [0.1, 0.15) is 26.5 Å². The molecule has 1 aromatic heterocycles. The van der Waals surface area contributed by atoms with Gasteiger partial charge < -0.3 is 5.11 Å². The summed E-state index contributed by atoms with van der Waals surface area (Å²) in [4.78, 5) is 0. The monoisotopic (exact) mass is 386 g/mol. The number of nitrogens with zero attached hydrogens (tertiary/aromatic N) is 2. The molecule has 0 bridgehead atoms. The molecule has 19 heavy (non-hydrogen) atoms. The third kappa shape index (κ3) is 2.87. The highest BCUT2D eigenvalue weighted by atomic mass is 79.9. The summed E-state index contributed by atoms with van der Waals surface area (Å²) in [6, 6.07) is 5.84. The molecule has 5 heteroatoms. The van der Waals surface area contributed by atoms with Crippen LogP contribution in [0.15, 0.2) is 27.1 Å². The second kappa shape index (κ2) is 4.94. The molecule has 0 amide bonds. The number of aromatic hydroxyl groups is 1. The van der Waals surface area contributed by atoms with Crippen molar-refractivity contribution in [1.82, 2.24) is 9.78 Å². The molecule has 1 heterocycles. The lowest BCUT2D eigenvalue weighted by Gasteiger charge is -2.20. The summed E-state index contributed by atoms with van der Waals surface area (Å²) in [5.41, 5.74) is 2.10. The van der Waals surface area contributed by atoms with E-state index in [4.69, 9.17) is 0 Å². The fraction of sp³-hybridized carbons (Fsp3) is 0.357. The number of hydrogen-bond donors (Lipinski definition) is 1. The first-order valence-electron chi connectivity index (χ1n) is 5.95. The van der Waals surface area contributed by atoms with E-state index in [0.717, 1.165) is 20.2 Å². The average Bonchev–Trinajstić information content (AvgIpc) is 2.54. The van der Waals surface area contributed by atoms with Crippen molar-refractivity contribution in [2.24, 2.45) is 0 Å². The van der Waals surface area contributed by atoms with Crippen molar-refractivity contribution >= 4 is 31.9 Å². The Kier molecular flexibility index (Phi) is 3.80. The van der Waals surface area contributed by atoms with Crippen LogP contribution in [0.25, 0.3) is 11.3 Å². The van der Waals surface area contributed by atoms with Crippen molar-refractivity contribution in [3.63, 3.8) is 0 Å². The van der Waals surface area contributed by atoms with Gasteiger partial charge in [-0.2, -0.15) is 5.10 Å². The molecule has 0 aliphatic carbocycles. The van der Waals surface area contributed by atoms with Crippen LogP contribution in [-0.4, -0.2) is 14.9 Å². The molecule has 102 valence electrons. The van der Waals surface area contributed by atoms with E-state index >= 15 is 0 Å². The van der Waals surface area contributed by atoms with Crippen molar-refractivity contribution < 1.29 is 5.11 Å². The topological polar surface area (TPSA) is 38.1 Å². The molecule has 3 nitrogen and oxygen atoms in total. The third-order valence-electron chi connectivity index (χ3n) is 2.86. The van der Waals surface area contributed by atoms with Gasteiger partial charge in [0.25, 0.3) is 0 Å². The largest absolute Gasteiger partial charge is 0.504 e. The normalized spacial score (nSPS) is 11.9. The number of rotatable bonds is 1. The van der Waals surface area contributed by atoms with E-state index in [9.17, 15) is 5.11 Å². The number of aromatic nitrogens is 2. The minimum atomic E-state index is -0.164. The molecule has 0 aliphatic rings. The molecular weight excluding hydrogens is 372 g/mol. The Morgan fingerprint density at radius 1 is 1.11 bits per heavy atom. The second-order valence-corrected chi connectivity index (χ2v) is 7.35. The van der Waals surface area contributed by atoms with Gasteiger partial charge in [-0.05, 0) is 45.9 Å². The summed E-state index contributed by atoms with van der Waals surface area (Å²) in [7, 11) is 0. The first-order chi connectivity index (χ1) is 8.70. The smallest absolute Gasteiger partial charge is 0.164 e. The van der Waals surface area contributed by atoms with Crippen LogP contribution in [0.3, 0.4) is 0 Å². The van der Waals surface area contributed by atoms with E-state index < -0.39 is 0 Å². The predicted molar refractivity (Wildman–Crippen MR) is 84.5 cm³/mol. The van der Waals surface area contributed by atoms with E-state index in [1.807, 2.05) is 29.8 Å². The summed E-state index contributed by atoms with van der Waals surface area (Å²) in [6.45, 7) is 8.07.